The summed E-state index contributed by atoms with van der Waals surface area (Å²) >= 11 is 0. The van der Waals surface area contributed by atoms with Crippen LogP contribution in [0.2, 0.25) is 0 Å². The van der Waals surface area contributed by atoms with Crippen LogP contribution in [0, 0.1) is 10.1 Å². The Morgan fingerprint density at radius 3 is 2.55 bits per heavy atom. The fourth-order valence-electron chi connectivity index (χ4n) is 2.85. The first-order chi connectivity index (χ1) is 13.8. The topological polar surface area (TPSA) is 148 Å². The first kappa shape index (κ1) is 21.7. The predicted octanol–water partition coefficient (Wildman–Crippen LogP) is 2.06. The smallest absolute Gasteiger partial charge is 0.408 e. The lowest BCUT2D eigenvalue weighted by molar-refractivity contribution is -0.384. The molecular weight excluding hydrogens is 386 g/mol. The number of non-ortho nitro benzene ring substituents is 1. The molecule has 1 aliphatic heterocycles. The molecule has 2 rings (SSSR count). The number of benzene rings is 1. The molecule has 0 bridgehead atoms. The van der Waals surface area contributed by atoms with Crippen molar-refractivity contribution in [2.24, 2.45) is 0 Å². The molecule has 29 heavy (non-hydrogen) atoms. The van der Waals surface area contributed by atoms with Gasteiger partial charge in [-0.2, -0.15) is 0 Å². The van der Waals surface area contributed by atoms with Crippen LogP contribution in [0.25, 0.3) is 0 Å². The quantitative estimate of drug-likeness (QED) is 0.302. The Morgan fingerprint density at radius 2 is 1.97 bits per heavy atom. The lowest BCUT2D eigenvalue weighted by atomic mass is 9.99. The van der Waals surface area contributed by atoms with Crippen LogP contribution in [0.1, 0.15) is 18.4 Å². The van der Waals surface area contributed by atoms with E-state index in [9.17, 15) is 29.6 Å². The molecule has 1 aliphatic rings. The third-order valence-corrected chi connectivity index (χ3v) is 4.28. The summed E-state index contributed by atoms with van der Waals surface area (Å²) in [5.41, 5.74) is 0.445. The molecule has 2 amide bonds. The van der Waals surface area contributed by atoms with Gasteiger partial charge in [-0.15, -0.1) is 0 Å². The number of nitrogens with zero attached hydrogens (tertiary/aromatic N) is 2. The first-order valence-electron chi connectivity index (χ1n) is 8.75. The maximum atomic E-state index is 12.4. The summed E-state index contributed by atoms with van der Waals surface area (Å²) in [4.78, 5) is 46.6. The summed E-state index contributed by atoms with van der Waals surface area (Å²) in [7, 11) is 0. The number of likely N-dealkylation sites (tertiary alicyclic amines) is 1. The van der Waals surface area contributed by atoms with E-state index in [0.717, 1.165) is 4.90 Å². The molecule has 1 aromatic carbocycles. The van der Waals surface area contributed by atoms with Gasteiger partial charge in [-0.1, -0.05) is 12.7 Å². The molecule has 11 nitrogen and oxygen atoms in total. The number of hydrogen-bond donors (Lipinski definition) is 2. The van der Waals surface area contributed by atoms with Crippen molar-refractivity contribution in [3.8, 4) is 0 Å². The van der Waals surface area contributed by atoms with Crippen molar-refractivity contribution in [1.82, 2.24) is 10.2 Å². The van der Waals surface area contributed by atoms with Gasteiger partial charge in [-0.3, -0.25) is 15.0 Å². The van der Waals surface area contributed by atoms with Crippen molar-refractivity contribution in [1.29, 1.82) is 0 Å². The number of nitro benzene ring substituents is 1. The standard InChI is InChI=1S/C18H21N3O8/c1-2-9-28-17(23)19-13-5-8-15(20(10-13)18(24)25)16(22)29-11-12-3-6-14(7-4-12)21(26)27/h2-4,6-7,13,15H,1,5,8-11H2,(H,19,23)(H,24,25)/t13-,15+/m0/s1. The van der Waals surface area contributed by atoms with Gasteiger partial charge >= 0.3 is 18.2 Å². The zero-order valence-corrected chi connectivity index (χ0v) is 15.5. The van der Waals surface area contributed by atoms with E-state index in [1.54, 1.807) is 0 Å². The number of carbonyl (C=O) groups is 3. The van der Waals surface area contributed by atoms with Gasteiger partial charge in [-0.05, 0) is 30.5 Å². The zero-order valence-electron chi connectivity index (χ0n) is 15.5. The number of carbonyl (C=O) groups excluding carboxylic acids is 2. The predicted molar refractivity (Wildman–Crippen MR) is 99.1 cm³/mol. The van der Waals surface area contributed by atoms with E-state index in [-0.39, 0.29) is 31.9 Å². The highest BCUT2D eigenvalue weighted by Crippen LogP contribution is 2.20. The molecule has 0 aliphatic carbocycles. The molecule has 1 saturated heterocycles. The van der Waals surface area contributed by atoms with Gasteiger partial charge in [0.2, 0.25) is 0 Å². The van der Waals surface area contributed by atoms with Crippen molar-refractivity contribution >= 4 is 23.8 Å². The SMILES string of the molecule is C=CCOC(=O)N[C@H]1CC[C@H](C(=O)OCc2ccc([N+](=O)[O-])cc2)N(C(=O)O)C1. The van der Waals surface area contributed by atoms with Gasteiger partial charge < -0.3 is 19.9 Å². The number of ether oxygens (including phenoxy) is 2. The van der Waals surface area contributed by atoms with E-state index >= 15 is 0 Å². The van der Waals surface area contributed by atoms with Gasteiger partial charge in [-0.25, -0.2) is 14.4 Å². The second-order valence-electron chi connectivity index (χ2n) is 6.29. The number of rotatable bonds is 7. The van der Waals surface area contributed by atoms with Crippen LogP contribution in [0.15, 0.2) is 36.9 Å². The number of esters is 1. The van der Waals surface area contributed by atoms with Crippen molar-refractivity contribution < 1.29 is 33.9 Å². The molecule has 1 aromatic rings. The third kappa shape index (κ3) is 6.19. The number of hydrogen-bond acceptors (Lipinski definition) is 7. The Kier molecular flexibility index (Phi) is 7.52. The Balaban J connectivity index is 1.92. The van der Waals surface area contributed by atoms with Crippen LogP contribution in [0.5, 0.6) is 0 Å². The Labute approximate surface area is 166 Å². The minimum absolute atomic E-state index is 0.0266. The molecule has 0 unspecified atom stereocenters. The second-order valence-corrected chi connectivity index (χ2v) is 6.29. The molecule has 0 spiro atoms. The summed E-state index contributed by atoms with van der Waals surface area (Å²) in [5, 5.41) is 22.6. The van der Waals surface area contributed by atoms with Gasteiger partial charge in [0, 0.05) is 18.7 Å². The number of piperidine rings is 1. The summed E-state index contributed by atoms with van der Waals surface area (Å²) in [5.74, 6) is -0.724. The molecule has 0 saturated carbocycles. The van der Waals surface area contributed by atoms with Crippen LogP contribution in [-0.2, 0) is 20.9 Å². The normalized spacial score (nSPS) is 18.4. The summed E-state index contributed by atoms with van der Waals surface area (Å²) < 4.78 is 9.99. The van der Waals surface area contributed by atoms with Crippen LogP contribution in [0.3, 0.4) is 0 Å². The molecule has 2 atom stereocenters. The second kappa shape index (κ2) is 10.1. The third-order valence-electron chi connectivity index (χ3n) is 4.28. The minimum atomic E-state index is -1.31. The van der Waals surface area contributed by atoms with Gasteiger partial charge in [0.1, 0.15) is 19.3 Å². The van der Waals surface area contributed by atoms with E-state index in [4.69, 9.17) is 9.47 Å². The van der Waals surface area contributed by atoms with E-state index in [1.165, 1.54) is 30.3 Å². The Morgan fingerprint density at radius 1 is 1.28 bits per heavy atom. The summed E-state index contributed by atoms with van der Waals surface area (Å²) in [6.45, 7) is 3.22. The van der Waals surface area contributed by atoms with Crippen molar-refractivity contribution in [3.05, 3.63) is 52.6 Å². The molecule has 2 N–H and O–H groups in total. The minimum Gasteiger partial charge on any atom is -0.465 e. The Bertz CT molecular complexity index is 780. The number of nitrogens with one attached hydrogen (secondary N) is 1. The lowest BCUT2D eigenvalue weighted by Crippen LogP contribution is -2.56. The van der Waals surface area contributed by atoms with E-state index in [0.29, 0.717) is 12.0 Å². The highest BCUT2D eigenvalue weighted by Gasteiger charge is 2.37. The molecule has 1 fully saturated rings. The van der Waals surface area contributed by atoms with Crippen molar-refractivity contribution in [2.45, 2.75) is 31.5 Å². The lowest BCUT2D eigenvalue weighted by Gasteiger charge is -2.36. The molecule has 1 heterocycles. The number of amides is 2. The van der Waals surface area contributed by atoms with Crippen LogP contribution in [-0.4, -0.2) is 58.3 Å². The summed E-state index contributed by atoms with van der Waals surface area (Å²) in [6.07, 6.45) is -0.0732. The fourth-order valence-corrected chi connectivity index (χ4v) is 2.85. The number of alkyl carbamates (subject to hydrolysis) is 1. The zero-order chi connectivity index (χ0) is 21.4. The average molecular weight is 407 g/mol. The van der Waals surface area contributed by atoms with Gasteiger partial charge in [0.05, 0.1) is 11.0 Å². The number of carboxylic acid groups (broad SMARTS) is 1. The van der Waals surface area contributed by atoms with Gasteiger partial charge in [0.25, 0.3) is 5.69 Å². The van der Waals surface area contributed by atoms with Crippen LogP contribution in [0.4, 0.5) is 15.3 Å². The van der Waals surface area contributed by atoms with Gasteiger partial charge in [0.15, 0.2) is 0 Å². The van der Waals surface area contributed by atoms with Crippen molar-refractivity contribution in [2.75, 3.05) is 13.2 Å². The largest absolute Gasteiger partial charge is 0.465 e. The first-order valence-corrected chi connectivity index (χ1v) is 8.75. The van der Waals surface area contributed by atoms with E-state index < -0.39 is 35.2 Å². The van der Waals surface area contributed by atoms with Crippen molar-refractivity contribution in [3.63, 3.8) is 0 Å². The molecule has 0 radical (unpaired) electrons. The van der Waals surface area contributed by atoms with E-state index in [2.05, 4.69) is 11.9 Å². The monoisotopic (exact) mass is 407 g/mol. The summed E-state index contributed by atoms with van der Waals surface area (Å²) in [6, 6.07) is 3.98. The molecular formula is C18H21N3O8. The number of nitro groups is 1. The molecule has 0 aromatic heterocycles. The van der Waals surface area contributed by atoms with Crippen LogP contribution >= 0.6 is 0 Å². The maximum Gasteiger partial charge on any atom is 0.408 e. The fraction of sp³-hybridized carbons (Fsp3) is 0.389. The molecule has 11 heteroatoms. The highest BCUT2D eigenvalue weighted by molar-refractivity contribution is 5.81. The highest BCUT2D eigenvalue weighted by atomic mass is 16.6. The van der Waals surface area contributed by atoms with Crippen LogP contribution < -0.4 is 5.32 Å². The Hall–Kier alpha value is -3.63. The van der Waals surface area contributed by atoms with E-state index in [1.807, 2.05) is 0 Å². The average Bonchev–Trinajstić information content (AvgIpc) is 2.70. The maximum absolute atomic E-state index is 12.4. The molecule has 156 valence electrons.